The summed E-state index contributed by atoms with van der Waals surface area (Å²) in [6.07, 6.45) is 0. The van der Waals surface area contributed by atoms with Crippen LogP contribution < -0.4 is 5.32 Å². The fourth-order valence-corrected chi connectivity index (χ4v) is 2.27. The fourth-order valence-electron chi connectivity index (χ4n) is 1.67. The first-order valence-electron chi connectivity index (χ1n) is 5.43. The van der Waals surface area contributed by atoms with E-state index in [1.807, 2.05) is 42.5 Å². The van der Waals surface area contributed by atoms with Crippen molar-refractivity contribution >= 4 is 33.2 Å². The maximum absolute atomic E-state index is 5.99. The highest BCUT2D eigenvalue weighted by Crippen LogP contribution is 2.26. The van der Waals surface area contributed by atoms with Crippen LogP contribution in [0.15, 0.2) is 53.0 Å². The standard InChI is InChI=1S/C14H13BrClN/c1-10(11-5-4-6-12(16)9-11)17-14-8-3-2-7-13(14)15/h2-10,17H,1H3. The molecule has 0 aliphatic rings. The van der Waals surface area contributed by atoms with E-state index in [0.29, 0.717) is 0 Å². The minimum atomic E-state index is 0.215. The van der Waals surface area contributed by atoms with E-state index in [9.17, 15) is 0 Å². The summed E-state index contributed by atoms with van der Waals surface area (Å²) in [6, 6.07) is 16.2. The summed E-state index contributed by atoms with van der Waals surface area (Å²) in [5, 5.41) is 4.22. The van der Waals surface area contributed by atoms with Gasteiger partial charge < -0.3 is 5.32 Å². The highest BCUT2D eigenvalue weighted by atomic mass is 79.9. The Kier molecular flexibility index (Phi) is 4.08. The molecular weight excluding hydrogens is 298 g/mol. The maximum Gasteiger partial charge on any atom is 0.0489 e. The maximum atomic E-state index is 5.99. The third-order valence-corrected chi connectivity index (χ3v) is 3.52. The second-order valence-electron chi connectivity index (χ2n) is 3.90. The van der Waals surface area contributed by atoms with Crippen molar-refractivity contribution in [1.29, 1.82) is 0 Å². The summed E-state index contributed by atoms with van der Waals surface area (Å²) >= 11 is 9.51. The molecule has 1 N–H and O–H groups in total. The van der Waals surface area contributed by atoms with Crippen molar-refractivity contribution in [2.24, 2.45) is 0 Å². The second kappa shape index (κ2) is 5.56. The molecule has 88 valence electrons. The Hall–Kier alpha value is -0.990. The van der Waals surface area contributed by atoms with Gasteiger partial charge in [0.2, 0.25) is 0 Å². The number of nitrogens with one attached hydrogen (secondary N) is 1. The van der Waals surface area contributed by atoms with Gasteiger partial charge >= 0.3 is 0 Å². The fraction of sp³-hybridized carbons (Fsp3) is 0.143. The summed E-state index contributed by atoms with van der Waals surface area (Å²) < 4.78 is 1.06. The van der Waals surface area contributed by atoms with Crippen LogP contribution in [0.2, 0.25) is 5.02 Å². The molecule has 1 nitrogen and oxygen atoms in total. The first kappa shape index (κ1) is 12.5. The monoisotopic (exact) mass is 309 g/mol. The van der Waals surface area contributed by atoms with Crippen molar-refractivity contribution < 1.29 is 0 Å². The number of para-hydroxylation sites is 1. The third kappa shape index (κ3) is 3.24. The lowest BCUT2D eigenvalue weighted by atomic mass is 10.1. The van der Waals surface area contributed by atoms with Crippen molar-refractivity contribution in [3.8, 4) is 0 Å². The zero-order valence-electron chi connectivity index (χ0n) is 9.45. The molecule has 0 aromatic heterocycles. The Morgan fingerprint density at radius 3 is 2.59 bits per heavy atom. The molecule has 0 spiro atoms. The van der Waals surface area contributed by atoms with Crippen LogP contribution in [0, 0.1) is 0 Å². The number of benzene rings is 2. The van der Waals surface area contributed by atoms with Crippen molar-refractivity contribution in [3.05, 3.63) is 63.6 Å². The Labute approximate surface area is 115 Å². The van der Waals surface area contributed by atoms with Crippen LogP contribution in [0.3, 0.4) is 0 Å². The minimum absolute atomic E-state index is 0.215. The molecule has 2 aromatic rings. The van der Waals surface area contributed by atoms with Crippen LogP contribution in [-0.4, -0.2) is 0 Å². The van der Waals surface area contributed by atoms with Crippen molar-refractivity contribution in [1.82, 2.24) is 0 Å². The van der Waals surface area contributed by atoms with Crippen LogP contribution in [-0.2, 0) is 0 Å². The van der Waals surface area contributed by atoms with Gasteiger partial charge in [-0.3, -0.25) is 0 Å². The zero-order chi connectivity index (χ0) is 12.3. The molecule has 0 bridgehead atoms. The molecule has 1 atom stereocenters. The van der Waals surface area contributed by atoms with Crippen LogP contribution in [0.25, 0.3) is 0 Å². The Balaban J connectivity index is 2.17. The SMILES string of the molecule is CC(Nc1ccccc1Br)c1cccc(Cl)c1. The molecule has 0 amide bonds. The Bertz CT molecular complexity index is 513. The number of rotatable bonds is 3. The first-order valence-corrected chi connectivity index (χ1v) is 6.60. The second-order valence-corrected chi connectivity index (χ2v) is 5.19. The van der Waals surface area contributed by atoms with E-state index in [-0.39, 0.29) is 6.04 Å². The summed E-state index contributed by atoms with van der Waals surface area (Å²) in [6.45, 7) is 2.12. The molecule has 2 rings (SSSR count). The van der Waals surface area contributed by atoms with Crippen LogP contribution in [0.5, 0.6) is 0 Å². The van der Waals surface area contributed by atoms with Gasteiger partial charge in [-0.05, 0) is 52.7 Å². The lowest BCUT2D eigenvalue weighted by molar-refractivity contribution is 0.884. The average molecular weight is 311 g/mol. The van der Waals surface area contributed by atoms with Gasteiger partial charge in [0.25, 0.3) is 0 Å². The van der Waals surface area contributed by atoms with Gasteiger partial charge in [-0.15, -0.1) is 0 Å². The van der Waals surface area contributed by atoms with E-state index in [0.717, 1.165) is 15.2 Å². The van der Waals surface area contributed by atoms with Gasteiger partial charge in [-0.25, -0.2) is 0 Å². The molecule has 0 radical (unpaired) electrons. The summed E-state index contributed by atoms with van der Waals surface area (Å²) in [5.74, 6) is 0. The number of hydrogen-bond acceptors (Lipinski definition) is 1. The lowest BCUT2D eigenvalue weighted by Gasteiger charge is -2.17. The average Bonchev–Trinajstić information content (AvgIpc) is 2.32. The third-order valence-electron chi connectivity index (χ3n) is 2.59. The molecule has 0 saturated carbocycles. The molecule has 0 saturated heterocycles. The highest BCUT2D eigenvalue weighted by molar-refractivity contribution is 9.10. The smallest absolute Gasteiger partial charge is 0.0489 e. The molecule has 2 aromatic carbocycles. The molecule has 0 aliphatic heterocycles. The summed E-state index contributed by atoms with van der Waals surface area (Å²) in [5.41, 5.74) is 2.26. The first-order chi connectivity index (χ1) is 8.16. The molecule has 0 fully saturated rings. The zero-order valence-corrected chi connectivity index (χ0v) is 11.8. The predicted octanol–water partition coefficient (Wildman–Crippen LogP) is 5.28. The molecular formula is C14H13BrClN. The van der Waals surface area contributed by atoms with Crippen molar-refractivity contribution in [3.63, 3.8) is 0 Å². The van der Waals surface area contributed by atoms with E-state index >= 15 is 0 Å². The molecule has 17 heavy (non-hydrogen) atoms. The lowest BCUT2D eigenvalue weighted by Crippen LogP contribution is -2.06. The Morgan fingerprint density at radius 1 is 1.12 bits per heavy atom. The molecule has 0 heterocycles. The topological polar surface area (TPSA) is 12.0 Å². The molecule has 3 heteroatoms. The van der Waals surface area contributed by atoms with Crippen LogP contribution >= 0.6 is 27.5 Å². The predicted molar refractivity (Wildman–Crippen MR) is 77.6 cm³/mol. The van der Waals surface area contributed by atoms with Crippen LogP contribution in [0.1, 0.15) is 18.5 Å². The van der Waals surface area contributed by atoms with Gasteiger partial charge in [0.05, 0.1) is 0 Å². The summed E-state index contributed by atoms with van der Waals surface area (Å²) in [7, 11) is 0. The van der Waals surface area contributed by atoms with Crippen LogP contribution in [0.4, 0.5) is 5.69 Å². The number of hydrogen-bond donors (Lipinski definition) is 1. The highest BCUT2D eigenvalue weighted by Gasteiger charge is 2.07. The van der Waals surface area contributed by atoms with E-state index in [4.69, 9.17) is 11.6 Å². The number of halogens is 2. The molecule has 1 unspecified atom stereocenters. The normalized spacial score (nSPS) is 12.2. The van der Waals surface area contributed by atoms with Gasteiger partial charge in [0.1, 0.15) is 0 Å². The van der Waals surface area contributed by atoms with Gasteiger partial charge in [-0.2, -0.15) is 0 Å². The van der Waals surface area contributed by atoms with E-state index in [1.165, 1.54) is 5.56 Å². The minimum Gasteiger partial charge on any atom is -0.378 e. The largest absolute Gasteiger partial charge is 0.378 e. The van der Waals surface area contributed by atoms with Crippen molar-refractivity contribution in [2.45, 2.75) is 13.0 Å². The van der Waals surface area contributed by atoms with Crippen molar-refractivity contribution in [2.75, 3.05) is 5.32 Å². The Morgan fingerprint density at radius 2 is 1.88 bits per heavy atom. The van der Waals surface area contributed by atoms with E-state index in [1.54, 1.807) is 0 Å². The van der Waals surface area contributed by atoms with E-state index in [2.05, 4.69) is 34.2 Å². The quantitative estimate of drug-likeness (QED) is 0.813. The van der Waals surface area contributed by atoms with E-state index < -0.39 is 0 Å². The summed E-state index contributed by atoms with van der Waals surface area (Å²) in [4.78, 5) is 0. The van der Waals surface area contributed by atoms with Gasteiger partial charge in [-0.1, -0.05) is 35.9 Å². The number of anilines is 1. The van der Waals surface area contributed by atoms with Gasteiger partial charge in [0, 0.05) is 21.2 Å². The van der Waals surface area contributed by atoms with Gasteiger partial charge in [0.15, 0.2) is 0 Å². The molecule has 0 aliphatic carbocycles.